The maximum atomic E-state index is 12.6. The first-order valence-electron chi connectivity index (χ1n) is 11.7. The first-order valence-corrected chi connectivity index (χ1v) is 11.7. The number of fused-ring (bicyclic) bond motifs is 1. The van der Waals surface area contributed by atoms with Gasteiger partial charge >= 0.3 is 0 Å². The fraction of sp³-hybridized carbons (Fsp3) is 0.917. The summed E-state index contributed by atoms with van der Waals surface area (Å²) in [6.45, 7) is 12.7. The largest absolute Gasteiger partial charge is 0.392 e. The van der Waals surface area contributed by atoms with E-state index in [4.69, 9.17) is 0 Å². The quantitative estimate of drug-likeness (QED) is 0.652. The van der Waals surface area contributed by atoms with E-state index in [1.165, 1.54) is 0 Å². The molecule has 3 saturated carbocycles. The van der Waals surface area contributed by atoms with Gasteiger partial charge in [-0.2, -0.15) is 0 Å². The average Bonchev–Trinajstić information content (AvgIpc) is 3.39. The average molecular weight is 407 g/mol. The van der Waals surface area contributed by atoms with Gasteiger partial charge in [-0.1, -0.05) is 41.5 Å². The summed E-state index contributed by atoms with van der Waals surface area (Å²) in [6, 6.07) is 0.457. The summed E-state index contributed by atoms with van der Waals surface area (Å²) < 4.78 is 0. The van der Waals surface area contributed by atoms with Crippen molar-refractivity contribution in [1.82, 2.24) is 10.6 Å². The van der Waals surface area contributed by atoms with Crippen molar-refractivity contribution in [2.75, 3.05) is 0 Å². The molecule has 1 unspecified atom stereocenters. The van der Waals surface area contributed by atoms with Crippen LogP contribution < -0.4 is 10.6 Å². The zero-order valence-electron chi connectivity index (χ0n) is 19.3. The van der Waals surface area contributed by atoms with Gasteiger partial charge in [-0.3, -0.25) is 9.59 Å². The normalized spacial score (nSPS) is 38.7. The summed E-state index contributed by atoms with van der Waals surface area (Å²) in [5.74, 6) is 0.354. The molecule has 7 atom stereocenters. The number of hydrogen-bond donors (Lipinski definition) is 3. The summed E-state index contributed by atoms with van der Waals surface area (Å²) in [5.41, 5.74) is 0.0591. The molecule has 0 saturated heterocycles. The van der Waals surface area contributed by atoms with Crippen LogP contribution in [0.2, 0.25) is 0 Å². The zero-order chi connectivity index (χ0) is 21.6. The third-order valence-corrected chi connectivity index (χ3v) is 7.90. The highest BCUT2D eigenvalue weighted by Gasteiger charge is 2.54. The Kier molecular flexibility index (Phi) is 6.39. The van der Waals surface area contributed by atoms with Crippen LogP contribution in [0.1, 0.15) is 86.5 Å². The maximum absolute atomic E-state index is 12.6. The van der Waals surface area contributed by atoms with Crippen LogP contribution in [0.25, 0.3) is 0 Å². The second-order valence-electron chi connectivity index (χ2n) is 11.8. The smallest absolute Gasteiger partial charge is 0.223 e. The second-order valence-corrected chi connectivity index (χ2v) is 11.8. The van der Waals surface area contributed by atoms with Gasteiger partial charge < -0.3 is 15.7 Å². The number of carbonyl (C=O) groups excluding carboxylic acids is 2. The topological polar surface area (TPSA) is 78.4 Å². The number of carbonyl (C=O) groups is 2. The third kappa shape index (κ3) is 5.15. The predicted molar refractivity (Wildman–Crippen MR) is 115 cm³/mol. The lowest BCUT2D eigenvalue weighted by atomic mass is 9.51. The Hall–Kier alpha value is -1.10. The van der Waals surface area contributed by atoms with Crippen LogP contribution in [0.15, 0.2) is 0 Å². The predicted octanol–water partition coefficient (Wildman–Crippen LogP) is 3.65. The van der Waals surface area contributed by atoms with Crippen molar-refractivity contribution in [3.05, 3.63) is 0 Å². The molecule has 2 amide bonds. The molecule has 0 aromatic rings. The van der Waals surface area contributed by atoms with Crippen LogP contribution in [0.5, 0.6) is 0 Å². The van der Waals surface area contributed by atoms with Crippen molar-refractivity contribution in [3.8, 4) is 0 Å². The molecule has 5 heteroatoms. The molecule has 166 valence electrons. The van der Waals surface area contributed by atoms with E-state index in [0.29, 0.717) is 12.5 Å². The molecule has 0 aromatic carbocycles. The molecule has 5 nitrogen and oxygen atoms in total. The van der Waals surface area contributed by atoms with E-state index in [1.807, 2.05) is 6.92 Å². The number of amides is 2. The minimum absolute atomic E-state index is 0.00157. The molecule has 3 fully saturated rings. The van der Waals surface area contributed by atoms with Gasteiger partial charge in [-0.25, -0.2) is 0 Å². The van der Waals surface area contributed by atoms with Crippen LogP contribution in [0.4, 0.5) is 0 Å². The molecule has 3 aliphatic rings. The molecule has 3 N–H and O–H groups in total. The van der Waals surface area contributed by atoms with E-state index in [2.05, 4.69) is 45.3 Å². The Labute approximate surface area is 176 Å². The number of hydrogen-bond acceptors (Lipinski definition) is 3. The Morgan fingerprint density at radius 3 is 2.31 bits per heavy atom. The third-order valence-electron chi connectivity index (χ3n) is 7.90. The van der Waals surface area contributed by atoms with E-state index in [9.17, 15) is 14.7 Å². The minimum atomic E-state index is -0.494. The fourth-order valence-electron chi connectivity index (χ4n) is 5.99. The van der Waals surface area contributed by atoms with E-state index in [1.54, 1.807) is 0 Å². The summed E-state index contributed by atoms with van der Waals surface area (Å²) in [5, 5.41) is 17.8. The Balaban J connectivity index is 1.68. The van der Waals surface area contributed by atoms with Crippen molar-refractivity contribution in [2.24, 2.45) is 34.5 Å². The van der Waals surface area contributed by atoms with Crippen molar-refractivity contribution in [2.45, 2.75) is 105 Å². The van der Waals surface area contributed by atoms with E-state index >= 15 is 0 Å². The summed E-state index contributed by atoms with van der Waals surface area (Å²) in [4.78, 5) is 25.2. The van der Waals surface area contributed by atoms with Crippen molar-refractivity contribution in [1.29, 1.82) is 0 Å². The van der Waals surface area contributed by atoms with Gasteiger partial charge in [0.15, 0.2) is 0 Å². The minimum Gasteiger partial charge on any atom is -0.392 e. The van der Waals surface area contributed by atoms with Crippen molar-refractivity contribution < 1.29 is 14.7 Å². The Morgan fingerprint density at radius 1 is 1.10 bits per heavy atom. The number of aliphatic hydroxyl groups is 1. The van der Waals surface area contributed by atoms with Crippen LogP contribution in [0, 0.1) is 34.5 Å². The first kappa shape index (κ1) is 22.6. The Bertz CT molecular complexity index is 624. The standard InChI is InChI=1S/C24H42N2O3/c1-14(22(29)25-16-7-8-16)17-9-11-24(6)12-10-18(15(2)20(24)21(17)28)26-19(27)13-23(3,4)5/h14-18,20-21,28H,7-13H2,1-6H3,(H,25,29)(H,26,27)/t14?,15-,17+,18+,20-,21+,24+/m1/s1. The lowest BCUT2D eigenvalue weighted by Gasteiger charge is -2.56. The SMILES string of the molecule is CC(C(=O)NC1CC1)[C@@H]1CC[C@@]2(C)CC[C@H](NC(=O)CC(C)(C)C)[C@@H](C)[C@@H]2[C@H]1O. The molecule has 29 heavy (non-hydrogen) atoms. The zero-order valence-corrected chi connectivity index (χ0v) is 19.3. The molecular weight excluding hydrogens is 364 g/mol. The molecular formula is C24H42N2O3. The monoisotopic (exact) mass is 406 g/mol. The van der Waals surface area contributed by atoms with Gasteiger partial charge in [0.2, 0.25) is 11.8 Å². The molecule has 3 aliphatic carbocycles. The van der Waals surface area contributed by atoms with Gasteiger partial charge in [-0.05, 0) is 67.1 Å². The van der Waals surface area contributed by atoms with E-state index < -0.39 is 6.10 Å². The number of rotatable bonds is 5. The summed E-state index contributed by atoms with van der Waals surface area (Å²) >= 11 is 0. The highest BCUT2D eigenvalue weighted by atomic mass is 16.3. The molecule has 3 rings (SSSR count). The summed E-state index contributed by atoms with van der Waals surface area (Å²) in [6.07, 6.45) is 6.13. The molecule has 0 radical (unpaired) electrons. The second kappa shape index (κ2) is 8.20. The van der Waals surface area contributed by atoms with Crippen LogP contribution in [-0.4, -0.2) is 35.1 Å². The highest BCUT2D eigenvalue weighted by Crippen LogP contribution is 2.55. The van der Waals surface area contributed by atoms with Gasteiger partial charge in [0.05, 0.1) is 6.10 Å². The lowest BCUT2D eigenvalue weighted by molar-refractivity contribution is -0.144. The molecule has 0 aromatic heterocycles. The maximum Gasteiger partial charge on any atom is 0.223 e. The van der Waals surface area contributed by atoms with Crippen LogP contribution in [0.3, 0.4) is 0 Å². The lowest BCUT2D eigenvalue weighted by Crippen LogP contribution is -2.58. The number of aliphatic hydroxyl groups excluding tert-OH is 1. The molecule has 0 spiro atoms. The molecule has 0 heterocycles. The Morgan fingerprint density at radius 2 is 1.72 bits per heavy atom. The highest BCUT2D eigenvalue weighted by molar-refractivity contribution is 5.79. The number of nitrogens with one attached hydrogen (secondary N) is 2. The van der Waals surface area contributed by atoms with Crippen LogP contribution >= 0.6 is 0 Å². The van der Waals surface area contributed by atoms with Crippen molar-refractivity contribution >= 4 is 11.8 Å². The van der Waals surface area contributed by atoms with Gasteiger partial charge in [0, 0.05) is 24.4 Å². The van der Waals surface area contributed by atoms with Crippen LogP contribution in [-0.2, 0) is 9.59 Å². The molecule has 0 bridgehead atoms. The van der Waals surface area contributed by atoms with Gasteiger partial charge in [0.25, 0.3) is 0 Å². The van der Waals surface area contributed by atoms with Crippen molar-refractivity contribution in [3.63, 3.8) is 0 Å². The fourth-order valence-corrected chi connectivity index (χ4v) is 5.99. The van der Waals surface area contributed by atoms with E-state index in [0.717, 1.165) is 38.5 Å². The molecule has 0 aliphatic heterocycles. The summed E-state index contributed by atoms with van der Waals surface area (Å²) in [7, 11) is 0. The first-order chi connectivity index (χ1) is 13.4. The van der Waals surface area contributed by atoms with Gasteiger partial charge in [-0.15, -0.1) is 0 Å². The van der Waals surface area contributed by atoms with E-state index in [-0.39, 0.29) is 52.4 Å². The van der Waals surface area contributed by atoms with Gasteiger partial charge in [0.1, 0.15) is 0 Å².